The molecule has 1 heterocycles. The Balaban J connectivity index is 2.32. The Morgan fingerprint density at radius 3 is 2.35 bits per heavy atom. The third-order valence-electron chi connectivity index (χ3n) is 3.29. The molecular weight excluding hydrogens is 226 g/mol. The average molecular weight is 245 g/mol. The summed E-state index contributed by atoms with van der Waals surface area (Å²) in [6.45, 7) is 6.58. The van der Waals surface area contributed by atoms with Gasteiger partial charge in [0.2, 0.25) is 0 Å². The van der Waals surface area contributed by atoms with Crippen molar-refractivity contribution in [3.05, 3.63) is 40.8 Å². The van der Waals surface area contributed by atoms with Gasteiger partial charge >= 0.3 is 0 Å². The highest BCUT2D eigenvalue weighted by Gasteiger charge is 2.07. The lowest BCUT2D eigenvalue weighted by molar-refractivity contribution is 0.734. The van der Waals surface area contributed by atoms with E-state index >= 15 is 0 Å². The second-order valence-electron chi connectivity index (χ2n) is 4.57. The van der Waals surface area contributed by atoms with Crippen LogP contribution in [0, 0.1) is 6.92 Å². The Bertz CT molecular complexity index is 496. The zero-order chi connectivity index (χ0) is 12.4. The van der Waals surface area contributed by atoms with Gasteiger partial charge in [0.25, 0.3) is 0 Å². The minimum atomic E-state index is 0.630. The molecule has 2 rings (SSSR count). The molecule has 1 unspecified atom stereocenters. The van der Waals surface area contributed by atoms with Crippen LogP contribution in [0.25, 0.3) is 11.1 Å². The van der Waals surface area contributed by atoms with E-state index in [9.17, 15) is 0 Å². The highest BCUT2D eigenvalue weighted by Crippen LogP contribution is 2.34. The minimum Gasteiger partial charge on any atom is -0.390 e. The molecule has 90 valence electrons. The number of nitrogens with two attached hydrogens (primary N) is 1. The van der Waals surface area contributed by atoms with Crippen molar-refractivity contribution in [1.29, 1.82) is 0 Å². The Kier molecular flexibility index (Phi) is 3.53. The van der Waals surface area contributed by atoms with Gasteiger partial charge in [-0.3, -0.25) is 0 Å². The first-order valence-corrected chi connectivity index (χ1v) is 6.89. The second kappa shape index (κ2) is 4.92. The van der Waals surface area contributed by atoms with E-state index in [2.05, 4.69) is 51.1 Å². The van der Waals surface area contributed by atoms with E-state index in [0.29, 0.717) is 5.92 Å². The summed E-state index contributed by atoms with van der Waals surface area (Å²) in [6, 6.07) is 11.0. The lowest BCUT2D eigenvalue weighted by Crippen LogP contribution is -1.91. The van der Waals surface area contributed by atoms with Crippen LogP contribution in [0.5, 0.6) is 0 Å². The first-order chi connectivity index (χ1) is 8.11. The van der Waals surface area contributed by atoms with Crippen molar-refractivity contribution in [3.8, 4) is 11.1 Å². The van der Waals surface area contributed by atoms with E-state index < -0.39 is 0 Å². The summed E-state index contributed by atoms with van der Waals surface area (Å²) >= 11 is 1.66. The Labute approximate surface area is 107 Å². The van der Waals surface area contributed by atoms with Gasteiger partial charge < -0.3 is 5.73 Å². The van der Waals surface area contributed by atoms with Crippen molar-refractivity contribution in [2.45, 2.75) is 33.1 Å². The highest BCUT2D eigenvalue weighted by molar-refractivity contribution is 7.16. The molecule has 2 heteroatoms. The summed E-state index contributed by atoms with van der Waals surface area (Å²) in [7, 11) is 0. The largest absolute Gasteiger partial charge is 0.390 e. The van der Waals surface area contributed by atoms with Crippen molar-refractivity contribution in [2.24, 2.45) is 0 Å². The molecule has 1 aromatic heterocycles. The standard InChI is InChI=1S/C15H19NS/c1-4-10(2)12-5-7-13(8-6-12)14-9-11(3)17-15(14)16/h5-10H,4,16H2,1-3H3. The van der Waals surface area contributed by atoms with Crippen LogP contribution in [0.2, 0.25) is 0 Å². The maximum Gasteiger partial charge on any atom is 0.0938 e. The predicted molar refractivity (Wildman–Crippen MR) is 77.6 cm³/mol. The molecule has 0 bridgehead atoms. The third kappa shape index (κ3) is 2.52. The Hall–Kier alpha value is -1.28. The summed E-state index contributed by atoms with van der Waals surface area (Å²) in [5.74, 6) is 0.630. The maximum absolute atomic E-state index is 6.02. The smallest absolute Gasteiger partial charge is 0.0938 e. The summed E-state index contributed by atoms with van der Waals surface area (Å²) in [5, 5.41) is 0.916. The van der Waals surface area contributed by atoms with Gasteiger partial charge in [-0.05, 0) is 36.5 Å². The molecule has 0 aliphatic carbocycles. The van der Waals surface area contributed by atoms with Gasteiger partial charge in [0.1, 0.15) is 0 Å². The fourth-order valence-electron chi connectivity index (χ4n) is 1.98. The van der Waals surface area contributed by atoms with Gasteiger partial charge in [-0.1, -0.05) is 38.1 Å². The Morgan fingerprint density at radius 2 is 1.88 bits per heavy atom. The van der Waals surface area contributed by atoms with Crippen molar-refractivity contribution in [3.63, 3.8) is 0 Å². The van der Waals surface area contributed by atoms with Crippen LogP contribution in [-0.4, -0.2) is 0 Å². The molecular formula is C15H19NS. The molecule has 0 radical (unpaired) electrons. The van der Waals surface area contributed by atoms with Gasteiger partial charge in [0, 0.05) is 10.4 Å². The maximum atomic E-state index is 6.02. The molecule has 1 nitrogen and oxygen atoms in total. The molecule has 0 fully saturated rings. The molecule has 1 aromatic carbocycles. The van der Waals surface area contributed by atoms with Gasteiger partial charge in [0.15, 0.2) is 0 Å². The van der Waals surface area contributed by atoms with Crippen molar-refractivity contribution in [1.82, 2.24) is 0 Å². The summed E-state index contributed by atoms with van der Waals surface area (Å²) in [4.78, 5) is 1.27. The molecule has 2 aromatic rings. The van der Waals surface area contributed by atoms with E-state index in [4.69, 9.17) is 5.73 Å². The van der Waals surface area contributed by atoms with Crippen LogP contribution in [0.3, 0.4) is 0 Å². The molecule has 1 atom stereocenters. The van der Waals surface area contributed by atoms with Crippen LogP contribution in [0.4, 0.5) is 5.00 Å². The van der Waals surface area contributed by atoms with E-state index in [-0.39, 0.29) is 0 Å². The molecule has 0 aliphatic rings. The first-order valence-electron chi connectivity index (χ1n) is 6.08. The normalized spacial score (nSPS) is 12.6. The lowest BCUT2D eigenvalue weighted by atomic mass is 9.96. The first kappa shape index (κ1) is 12.2. The second-order valence-corrected chi connectivity index (χ2v) is 5.85. The van der Waals surface area contributed by atoms with Crippen molar-refractivity contribution >= 4 is 16.3 Å². The number of nitrogen functional groups attached to an aromatic ring is 1. The number of hydrogen-bond donors (Lipinski definition) is 1. The van der Waals surface area contributed by atoms with Crippen LogP contribution >= 0.6 is 11.3 Å². The summed E-state index contributed by atoms with van der Waals surface area (Å²) in [5.41, 5.74) is 9.81. The summed E-state index contributed by atoms with van der Waals surface area (Å²) < 4.78 is 0. The summed E-state index contributed by atoms with van der Waals surface area (Å²) in [6.07, 6.45) is 1.18. The molecule has 0 amide bonds. The van der Waals surface area contributed by atoms with Crippen molar-refractivity contribution < 1.29 is 0 Å². The molecule has 0 spiro atoms. The third-order valence-corrected chi connectivity index (χ3v) is 4.17. The Morgan fingerprint density at radius 1 is 1.24 bits per heavy atom. The zero-order valence-corrected chi connectivity index (χ0v) is 11.5. The average Bonchev–Trinajstić information content (AvgIpc) is 2.68. The van der Waals surface area contributed by atoms with Crippen LogP contribution in [-0.2, 0) is 0 Å². The monoisotopic (exact) mass is 245 g/mol. The number of benzene rings is 1. The number of aryl methyl sites for hydroxylation is 1. The number of rotatable bonds is 3. The molecule has 17 heavy (non-hydrogen) atoms. The number of hydrogen-bond acceptors (Lipinski definition) is 2. The molecule has 0 saturated carbocycles. The van der Waals surface area contributed by atoms with E-state index in [1.54, 1.807) is 11.3 Å². The van der Waals surface area contributed by atoms with Crippen molar-refractivity contribution in [2.75, 3.05) is 5.73 Å². The minimum absolute atomic E-state index is 0.630. The predicted octanol–water partition coefficient (Wildman–Crippen LogP) is 4.82. The van der Waals surface area contributed by atoms with Gasteiger partial charge in [-0.2, -0.15) is 0 Å². The fourth-order valence-corrected chi connectivity index (χ4v) is 2.80. The van der Waals surface area contributed by atoms with E-state index in [1.165, 1.54) is 28.0 Å². The van der Waals surface area contributed by atoms with E-state index in [0.717, 1.165) is 5.00 Å². The van der Waals surface area contributed by atoms with Crippen LogP contribution in [0.1, 0.15) is 36.6 Å². The quantitative estimate of drug-likeness (QED) is 0.824. The number of anilines is 1. The van der Waals surface area contributed by atoms with E-state index in [1.807, 2.05) is 0 Å². The highest BCUT2D eigenvalue weighted by atomic mass is 32.1. The molecule has 0 aliphatic heterocycles. The fraction of sp³-hybridized carbons (Fsp3) is 0.333. The van der Waals surface area contributed by atoms with Gasteiger partial charge in [-0.15, -0.1) is 11.3 Å². The molecule has 2 N–H and O–H groups in total. The van der Waals surface area contributed by atoms with Gasteiger partial charge in [0.05, 0.1) is 5.00 Å². The van der Waals surface area contributed by atoms with Crippen LogP contribution in [0.15, 0.2) is 30.3 Å². The van der Waals surface area contributed by atoms with Gasteiger partial charge in [-0.25, -0.2) is 0 Å². The molecule has 0 saturated heterocycles. The zero-order valence-electron chi connectivity index (χ0n) is 10.7. The SMILES string of the molecule is CCC(C)c1ccc(-c2cc(C)sc2N)cc1. The lowest BCUT2D eigenvalue weighted by Gasteiger charge is -2.09. The van der Waals surface area contributed by atoms with Crippen LogP contribution < -0.4 is 5.73 Å². The number of thiophene rings is 1. The topological polar surface area (TPSA) is 26.0 Å².